The minimum atomic E-state index is -3.18. The maximum absolute atomic E-state index is 14.3. The maximum atomic E-state index is 14.3. The van der Waals surface area contributed by atoms with Gasteiger partial charge in [-0.05, 0) is 18.9 Å². The van der Waals surface area contributed by atoms with Crippen LogP contribution in [0.4, 0.5) is 20.4 Å². The van der Waals surface area contributed by atoms with E-state index in [1.54, 1.807) is 12.1 Å². The molecule has 4 rings (SSSR count). The van der Waals surface area contributed by atoms with Gasteiger partial charge in [0, 0.05) is 37.2 Å². The largest absolute Gasteiger partial charge is 0.367 e. The number of nitrogens with zero attached hydrogens (tertiary/aromatic N) is 4. The summed E-state index contributed by atoms with van der Waals surface area (Å²) in [5.41, 5.74) is 0.216. The molecule has 1 atom stereocenters. The Kier molecular flexibility index (Phi) is 5.85. The van der Waals surface area contributed by atoms with E-state index in [2.05, 4.69) is 15.3 Å². The Morgan fingerprint density at radius 1 is 1.17 bits per heavy atom. The second-order valence-electron chi connectivity index (χ2n) is 7.45. The lowest BCUT2D eigenvalue weighted by Gasteiger charge is -2.31. The zero-order chi connectivity index (χ0) is 21.3. The Labute approximate surface area is 173 Å². The molecule has 1 aromatic heterocycles. The summed E-state index contributed by atoms with van der Waals surface area (Å²) in [6.45, 7) is 1.26. The summed E-state index contributed by atoms with van der Waals surface area (Å²) in [6, 6.07) is 5.36. The number of halogens is 2. The van der Waals surface area contributed by atoms with Crippen LogP contribution in [0.15, 0.2) is 30.6 Å². The second kappa shape index (κ2) is 8.40. The lowest BCUT2D eigenvalue weighted by atomic mass is 10.0. The van der Waals surface area contributed by atoms with Crippen LogP contribution in [0.3, 0.4) is 0 Å². The number of piperidine rings is 1. The first-order chi connectivity index (χ1) is 14.3. The lowest BCUT2D eigenvalue weighted by molar-refractivity contribution is 0.156. The van der Waals surface area contributed by atoms with Gasteiger partial charge in [0.15, 0.2) is 17.5 Å². The molecule has 0 spiro atoms. The molecule has 8 nitrogen and oxygen atoms in total. The molecule has 0 saturated carbocycles. The van der Waals surface area contributed by atoms with Crippen molar-refractivity contribution < 1.29 is 22.0 Å². The van der Waals surface area contributed by atoms with Crippen molar-refractivity contribution >= 4 is 21.7 Å². The van der Waals surface area contributed by atoms with Crippen molar-refractivity contribution in [2.24, 2.45) is 0 Å². The van der Waals surface area contributed by atoms with E-state index >= 15 is 0 Å². The first-order valence-electron chi connectivity index (χ1n) is 9.72. The van der Waals surface area contributed by atoms with Crippen molar-refractivity contribution in [3.05, 3.63) is 47.8 Å². The third-order valence-corrected chi connectivity index (χ3v) is 6.70. The minimum Gasteiger partial charge on any atom is -0.367 e. The van der Waals surface area contributed by atoms with Crippen molar-refractivity contribution in [2.75, 3.05) is 36.3 Å². The minimum absolute atomic E-state index is 0.0710. The molecule has 11 heteroatoms. The van der Waals surface area contributed by atoms with E-state index in [0.717, 1.165) is 6.07 Å². The number of aromatic nitrogens is 2. The molecule has 2 saturated heterocycles. The molecular formula is C19H23F2N5O3S. The Hall–Kier alpha value is -2.37. The molecule has 0 unspecified atom stereocenters. The van der Waals surface area contributed by atoms with Gasteiger partial charge >= 0.3 is 0 Å². The highest BCUT2D eigenvalue weighted by Crippen LogP contribution is 2.36. The fraction of sp³-hybridized carbons (Fsp3) is 0.474. The monoisotopic (exact) mass is 439 g/mol. The summed E-state index contributed by atoms with van der Waals surface area (Å²) in [5, 5.41) is 4.79. The first-order valence-corrected chi connectivity index (χ1v) is 11.6. The molecule has 1 aromatic carbocycles. The van der Waals surface area contributed by atoms with Gasteiger partial charge in [-0.25, -0.2) is 36.5 Å². The van der Waals surface area contributed by atoms with E-state index in [4.69, 9.17) is 4.84 Å². The topological polar surface area (TPSA) is 87.7 Å². The third-order valence-electron chi connectivity index (χ3n) is 5.40. The van der Waals surface area contributed by atoms with Gasteiger partial charge in [-0.2, -0.15) is 0 Å². The molecule has 2 aliphatic rings. The number of hydrogen-bond acceptors (Lipinski definition) is 7. The Morgan fingerprint density at radius 2 is 1.93 bits per heavy atom. The summed E-state index contributed by atoms with van der Waals surface area (Å²) in [7, 11) is -3.18. The molecule has 162 valence electrons. The van der Waals surface area contributed by atoms with Crippen molar-refractivity contribution in [1.29, 1.82) is 0 Å². The summed E-state index contributed by atoms with van der Waals surface area (Å²) < 4.78 is 52.7. The molecule has 0 radical (unpaired) electrons. The van der Waals surface area contributed by atoms with E-state index in [1.165, 1.54) is 28.0 Å². The average molecular weight is 439 g/mol. The number of hydroxylamine groups is 1. The van der Waals surface area contributed by atoms with Gasteiger partial charge in [0.25, 0.3) is 0 Å². The fourth-order valence-corrected chi connectivity index (χ4v) is 4.72. The summed E-state index contributed by atoms with van der Waals surface area (Å²) >= 11 is 0. The summed E-state index contributed by atoms with van der Waals surface area (Å²) in [6.07, 6.45) is 4.40. The number of hydrogen-bond donors (Lipinski definition) is 1. The lowest BCUT2D eigenvalue weighted by Crippen LogP contribution is -2.41. The predicted molar refractivity (Wildman–Crippen MR) is 107 cm³/mol. The molecule has 3 heterocycles. The fourth-order valence-electron chi connectivity index (χ4n) is 3.84. The predicted octanol–water partition coefficient (Wildman–Crippen LogP) is 2.47. The molecule has 0 bridgehead atoms. The van der Waals surface area contributed by atoms with E-state index in [0.29, 0.717) is 50.6 Å². The van der Waals surface area contributed by atoms with Crippen LogP contribution >= 0.6 is 0 Å². The van der Waals surface area contributed by atoms with E-state index < -0.39 is 27.7 Å². The van der Waals surface area contributed by atoms with Gasteiger partial charge in [0.2, 0.25) is 10.0 Å². The number of benzene rings is 1. The number of anilines is 2. The smallest absolute Gasteiger partial charge is 0.211 e. The molecule has 1 N–H and O–H groups in total. The van der Waals surface area contributed by atoms with Gasteiger partial charge in [0.05, 0.1) is 18.9 Å². The van der Waals surface area contributed by atoms with Crippen LogP contribution in [0.2, 0.25) is 0 Å². The van der Waals surface area contributed by atoms with Crippen molar-refractivity contribution in [2.45, 2.75) is 31.3 Å². The van der Waals surface area contributed by atoms with Gasteiger partial charge in [-0.3, -0.25) is 4.84 Å². The zero-order valence-electron chi connectivity index (χ0n) is 16.5. The summed E-state index contributed by atoms with van der Waals surface area (Å²) in [4.78, 5) is 14.1. The first kappa shape index (κ1) is 20.9. The highest BCUT2D eigenvalue weighted by molar-refractivity contribution is 7.88. The molecule has 0 aliphatic carbocycles. The van der Waals surface area contributed by atoms with Crippen LogP contribution in [0.25, 0.3) is 0 Å². The van der Waals surface area contributed by atoms with Gasteiger partial charge in [0.1, 0.15) is 12.1 Å². The highest BCUT2D eigenvalue weighted by atomic mass is 32.2. The molecule has 2 fully saturated rings. The Balaban J connectivity index is 1.47. The van der Waals surface area contributed by atoms with E-state index in [9.17, 15) is 17.2 Å². The Bertz CT molecular complexity index is 1010. The maximum Gasteiger partial charge on any atom is 0.211 e. The van der Waals surface area contributed by atoms with Crippen LogP contribution in [0, 0.1) is 11.6 Å². The van der Waals surface area contributed by atoms with Gasteiger partial charge in [-0.15, -0.1) is 0 Å². The number of nitrogens with one attached hydrogen (secondary N) is 1. The molecule has 2 aliphatic heterocycles. The van der Waals surface area contributed by atoms with Crippen LogP contribution < -0.4 is 10.4 Å². The highest BCUT2D eigenvalue weighted by Gasteiger charge is 2.32. The Morgan fingerprint density at radius 3 is 2.67 bits per heavy atom. The van der Waals surface area contributed by atoms with E-state index in [-0.39, 0.29) is 11.6 Å². The zero-order valence-corrected chi connectivity index (χ0v) is 17.3. The number of rotatable bonds is 5. The molecule has 0 amide bonds. The van der Waals surface area contributed by atoms with Crippen LogP contribution in [0.5, 0.6) is 0 Å². The summed E-state index contributed by atoms with van der Waals surface area (Å²) in [5.74, 6) is -0.785. The molecule has 30 heavy (non-hydrogen) atoms. The quantitative estimate of drug-likeness (QED) is 0.766. The van der Waals surface area contributed by atoms with Crippen LogP contribution in [0.1, 0.15) is 30.9 Å². The third kappa shape index (κ3) is 4.37. The molecular weight excluding hydrogens is 416 g/mol. The van der Waals surface area contributed by atoms with Crippen molar-refractivity contribution in [1.82, 2.24) is 14.3 Å². The normalized spacial score (nSPS) is 21.2. The molecule has 2 aromatic rings. The van der Waals surface area contributed by atoms with Crippen molar-refractivity contribution in [3.8, 4) is 0 Å². The van der Waals surface area contributed by atoms with Gasteiger partial charge in [-0.1, -0.05) is 12.1 Å². The van der Waals surface area contributed by atoms with Crippen LogP contribution in [-0.4, -0.2) is 54.7 Å². The standard InChI is InChI=1S/C19H23F2N5O3S/c1-30(27,28)25-8-5-13(6-9-25)24-17-11-18(23-12-22-17)26-16(7-10-29-26)14-3-2-4-15(20)19(14)21/h2-4,11-13,16H,5-10H2,1H3,(H,22,23,24)/t16-/m1/s1. The number of sulfonamides is 1. The van der Waals surface area contributed by atoms with Gasteiger partial charge < -0.3 is 5.32 Å². The van der Waals surface area contributed by atoms with E-state index in [1.807, 2.05) is 0 Å². The second-order valence-corrected chi connectivity index (χ2v) is 9.43. The average Bonchev–Trinajstić information content (AvgIpc) is 3.20. The van der Waals surface area contributed by atoms with Crippen LogP contribution in [-0.2, 0) is 14.9 Å². The van der Waals surface area contributed by atoms with Crippen molar-refractivity contribution in [3.63, 3.8) is 0 Å². The SMILES string of the molecule is CS(=O)(=O)N1CCC(Nc2cc(N3OCC[C@@H]3c3cccc(F)c3F)ncn2)CC1.